The van der Waals surface area contributed by atoms with Crippen molar-refractivity contribution in [2.45, 2.75) is 33.6 Å². The van der Waals surface area contributed by atoms with Crippen LogP contribution in [0.25, 0.3) is 20.2 Å². The second-order valence-electron chi connectivity index (χ2n) is 5.65. The third kappa shape index (κ3) is 2.75. The summed E-state index contributed by atoms with van der Waals surface area (Å²) in [5, 5.41) is 2.51. The van der Waals surface area contributed by atoms with Crippen LogP contribution in [0.4, 0.5) is 0 Å². The van der Waals surface area contributed by atoms with Crippen molar-refractivity contribution in [3.63, 3.8) is 0 Å². The highest BCUT2D eigenvalue weighted by molar-refractivity contribution is 7.26. The molecular formula is C20H20O2S. The second kappa shape index (κ2) is 6.52. The zero-order valence-corrected chi connectivity index (χ0v) is 14.5. The summed E-state index contributed by atoms with van der Waals surface area (Å²) in [6.07, 6.45) is 9.74. The molecule has 1 heterocycles. The van der Waals surface area contributed by atoms with E-state index in [2.05, 4.69) is 45.1 Å². The first-order valence-corrected chi connectivity index (χ1v) is 8.69. The molecule has 0 bridgehead atoms. The minimum atomic E-state index is 0.753. The molecule has 0 aliphatic carbocycles. The summed E-state index contributed by atoms with van der Waals surface area (Å²) in [5.74, 6) is 1.74. The number of terminal acetylenes is 1. The maximum absolute atomic E-state index is 5.93. The van der Waals surface area contributed by atoms with Gasteiger partial charge in [-0.15, -0.1) is 11.3 Å². The molecule has 2 nitrogen and oxygen atoms in total. The minimum Gasteiger partial charge on any atom is -0.493 e. The second-order valence-corrected chi connectivity index (χ2v) is 6.68. The normalized spacial score (nSPS) is 10.9. The Morgan fingerprint density at radius 2 is 1.61 bits per heavy atom. The lowest BCUT2D eigenvalue weighted by molar-refractivity contribution is 0.308. The number of rotatable bonds is 5. The van der Waals surface area contributed by atoms with Gasteiger partial charge >= 0.3 is 0 Å². The average molecular weight is 324 g/mol. The van der Waals surface area contributed by atoms with E-state index < -0.39 is 0 Å². The molecule has 0 spiro atoms. The summed E-state index contributed by atoms with van der Waals surface area (Å²) in [6.45, 7) is 7.13. The monoisotopic (exact) mass is 324 g/mol. The van der Waals surface area contributed by atoms with Gasteiger partial charge in [-0.3, -0.25) is 0 Å². The van der Waals surface area contributed by atoms with Crippen LogP contribution in [-0.2, 0) is 0 Å². The van der Waals surface area contributed by atoms with Gasteiger partial charge in [0, 0.05) is 31.3 Å². The van der Waals surface area contributed by atoms with Gasteiger partial charge in [-0.05, 0) is 44.5 Å². The molecule has 3 rings (SSSR count). The Labute approximate surface area is 141 Å². The lowest BCUT2D eigenvalue weighted by Crippen LogP contribution is -1.97. The molecule has 0 aliphatic rings. The average Bonchev–Trinajstić information content (AvgIpc) is 2.93. The molecule has 3 aromatic rings. The van der Waals surface area contributed by atoms with E-state index in [0.29, 0.717) is 0 Å². The SMILES string of the molecule is C#COc1ccc2c(sc3c(C)c(OCCCC)ccc32)c1C. The van der Waals surface area contributed by atoms with Crippen LogP contribution < -0.4 is 9.47 Å². The smallest absolute Gasteiger partial charge is 0.144 e. The predicted molar refractivity (Wildman–Crippen MR) is 98.7 cm³/mol. The van der Waals surface area contributed by atoms with Crippen molar-refractivity contribution in [3.05, 3.63) is 35.4 Å². The van der Waals surface area contributed by atoms with Crippen molar-refractivity contribution < 1.29 is 9.47 Å². The van der Waals surface area contributed by atoms with Crippen LogP contribution >= 0.6 is 11.3 Å². The number of ether oxygens (including phenoxy) is 2. The van der Waals surface area contributed by atoms with Crippen LogP contribution in [-0.4, -0.2) is 6.61 Å². The molecule has 23 heavy (non-hydrogen) atoms. The zero-order valence-electron chi connectivity index (χ0n) is 13.7. The molecule has 0 saturated carbocycles. The van der Waals surface area contributed by atoms with Crippen molar-refractivity contribution in [2.75, 3.05) is 6.61 Å². The van der Waals surface area contributed by atoms with E-state index in [1.54, 1.807) is 11.3 Å². The highest BCUT2D eigenvalue weighted by Gasteiger charge is 2.14. The van der Waals surface area contributed by atoms with Crippen LogP contribution in [0, 0.1) is 26.4 Å². The third-order valence-electron chi connectivity index (χ3n) is 4.13. The summed E-state index contributed by atoms with van der Waals surface area (Å²) in [6, 6.07) is 8.28. The molecule has 0 radical (unpaired) electrons. The van der Waals surface area contributed by atoms with Gasteiger partial charge in [0.25, 0.3) is 0 Å². The maximum Gasteiger partial charge on any atom is 0.144 e. The summed E-state index contributed by atoms with van der Waals surface area (Å²) in [5.41, 5.74) is 2.30. The molecule has 118 valence electrons. The number of hydrogen-bond donors (Lipinski definition) is 0. The number of hydrogen-bond acceptors (Lipinski definition) is 3. The summed E-state index contributed by atoms with van der Waals surface area (Å²) < 4.78 is 13.7. The summed E-state index contributed by atoms with van der Waals surface area (Å²) in [7, 11) is 0. The van der Waals surface area contributed by atoms with Crippen LogP contribution in [0.15, 0.2) is 24.3 Å². The van der Waals surface area contributed by atoms with E-state index in [0.717, 1.165) is 36.5 Å². The zero-order chi connectivity index (χ0) is 16.4. The predicted octanol–water partition coefficient (Wildman–Crippen LogP) is 5.82. The molecule has 2 aromatic carbocycles. The standard InChI is InChI=1S/C20H20O2S/c1-5-7-12-22-18-11-9-16-15-8-10-17(21-6-2)13(3)19(15)23-20(16)14(18)4/h2,8-11H,5,7,12H2,1,3-4H3. The first-order valence-electron chi connectivity index (χ1n) is 7.88. The van der Waals surface area contributed by atoms with Crippen molar-refractivity contribution >= 4 is 31.5 Å². The van der Waals surface area contributed by atoms with E-state index in [1.165, 1.54) is 25.7 Å². The van der Waals surface area contributed by atoms with Gasteiger partial charge in [-0.2, -0.15) is 0 Å². The molecular weight excluding hydrogens is 304 g/mol. The molecule has 3 heteroatoms. The van der Waals surface area contributed by atoms with Crippen molar-refractivity contribution in [3.8, 4) is 24.0 Å². The van der Waals surface area contributed by atoms with E-state index in [9.17, 15) is 0 Å². The maximum atomic E-state index is 5.93. The van der Waals surface area contributed by atoms with E-state index in [4.69, 9.17) is 15.9 Å². The van der Waals surface area contributed by atoms with Gasteiger partial charge in [0.2, 0.25) is 0 Å². The largest absolute Gasteiger partial charge is 0.493 e. The fourth-order valence-corrected chi connectivity index (χ4v) is 4.08. The Bertz CT molecular complexity index is 900. The molecule has 0 amide bonds. The molecule has 1 aromatic heterocycles. The Morgan fingerprint density at radius 3 is 2.22 bits per heavy atom. The molecule has 0 fully saturated rings. The fourth-order valence-electron chi connectivity index (χ4n) is 2.79. The lowest BCUT2D eigenvalue weighted by atomic mass is 10.1. The van der Waals surface area contributed by atoms with Crippen LogP contribution in [0.1, 0.15) is 30.9 Å². The Kier molecular flexibility index (Phi) is 4.45. The van der Waals surface area contributed by atoms with Gasteiger partial charge in [-0.1, -0.05) is 19.8 Å². The van der Waals surface area contributed by atoms with Gasteiger partial charge < -0.3 is 9.47 Å². The van der Waals surface area contributed by atoms with E-state index >= 15 is 0 Å². The highest BCUT2D eigenvalue weighted by atomic mass is 32.1. The van der Waals surface area contributed by atoms with Crippen LogP contribution in [0.5, 0.6) is 11.5 Å². The Hall–Kier alpha value is -2.18. The van der Waals surface area contributed by atoms with Gasteiger partial charge in [-0.25, -0.2) is 0 Å². The molecule has 0 atom stereocenters. The topological polar surface area (TPSA) is 18.5 Å². The Morgan fingerprint density at radius 1 is 1.00 bits per heavy atom. The van der Waals surface area contributed by atoms with Gasteiger partial charge in [0.05, 0.1) is 6.61 Å². The molecule has 0 unspecified atom stereocenters. The van der Waals surface area contributed by atoms with Crippen LogP contribution in [0.3, 0.4) is 0 Å². The fraction of sp³-hybridized carbons (Fsp3) is 0.300. The number of aryl methyl sites for hydroxylation is 2. The molecule has 0 saturated heterocycles. The third-order valence-corrected chi connectivity index (χ3v) is 5.59. The number of fused-ring (bicyclic) bond motifs is 3. The summed E-state index contributed by atoms with van der Waals surface area (Å²) >= 11 is 1.78. The first-order chi connectivity index (χ1) is 11.2. The van der Waals surface area contributed by atoms with Crippen molar-refractivity contribution in [1.82, 2.24) is 0 Å². The van der Waals surface area contributed by atoms with E-state index in [-0.39, 0.29) is 0 Å². The van der Waals surface area contributed by atoms with Crippen LogP contribution in [0.2, 0.25) is 0 Å². The first kappa shape index (κ1) is 15.7. The lowest BCUT2D eigenvalue weighted by Gasteiger charge is -2.09. The van der Waals surface area contributed by atoms with E-state index in [1.807, 2.05) is 6.07 Å². The van der Waals surface area contributed by atoms with Gasteiger partial charge in [0.1, 0.15) is 17.6 Å². The highest BCUT2D eigenvalue weighted by Crippen LogP contribution is 2.42. The summed E-state index contributed by atoms with van der Waals surface area (Å²) in [4.78, 5) is 0. The molecule has 0 N–H and O–H groups in total. The Balaban J connectivity index is 2.13. The number of unbranched alkanes of at least 4 members (excludes halogenated alkanes) is 1. The number of benzene rings is 2. The van der Waals surface area contributed by atoms with Crippen molar-refractivity contribution in [2.24, 2.45) is 0 Å². The van der Waals surface area contributed by atoms with Crippen molar-refractivity contribution in [1.29, 1.82) is 0 Å². The quantitative estimate of drug-likeness (QED) is 0.435. The van der Waals surface area contributed by atoms with Gasteiger partial charge in [0.15, 0.2) is 0 Å². The number of thiophene rings is 1. The molecule has 0 aliphatic heterocycles. The minimum absolute atomic E-state index is 0.753.